The molecule has 0 aliphatic carbocycles. The van der Waals surface area contributed by atoms with Crippen LogP contribution in [0.1, 0.15) is 36.7 Å². The standard InChI is InChI=1S/C25H26N2O/c1-25(2)18-27(17-19-10-5-3-6-11-19)23(20-12-7-4-8-13-20)22(24(25)28)16-21-14-9-15-26-21/h3-16,23,26H,17-18H2,1-2H3/b22-16-. The van der Waals surface area contributed by atoms with Crippen molar-refractivity contribution in [2.45, 2.75) is 26.4 Å². The largest absolute Gasteiger partial charge is 0.362 e. The first-order chi connectivity index (χ1) is 13.5. The molecule has 142 valence electrons. The summed E-state index contributed by atoms with van der Waals surface area (Å²) in [5.41, 5.74) is 3.79. The predicted molar refractivity (Wildman–Crippen MR) is 114 cm³/mol. The van der Waals surface area contributed by atoms with Crippen LogP contribution in [0.5, 0.6) is 0 Å². The summed E-state index contributed by atoms with van der Waals surface area (Å²) >= 11 is 0. The fraction of sp³-hybridized carbons (Fsp3) is 0.240. The average Bonchev–Trinajstić information content (AvgIpc) is 3.20. The summed E-state index contributed by atoms with van der Waals surface area (Å²) in [6, 6.07) is 24.8. The highest BCUT2D eigenvalue weighted by atomic mass is 16.1. The molecule has 3 aromatic rings. The zero-order chi connectivity index (χ0) is 19.6. The van der Waals surface area contributed by atoms with E-state index in [4.69, 9.17) is 0 Å². The molecule has 1 N–H and O–H groups in total. The van der Waals surface area contributed by atoms with Gasteiger partial charge < -0.3 is 4.98 Å². The number of rotatable bonds is 4. The highest BCUT2D eigenvalue weighted by molar-refractivity contribution is 6.05. The number of ketones is 1. The number of nitrogens with one attached hydrogen (secondary N) is 1. The molecule has 0 saturated carbocycles. The first-order valence-electron chi connectivity index (χ1n) is 9.77. The van der Waals surface area contributed by atoms with Crippen LogP contribution in [-0.4, -0.2) is 22.2 Å². The molecule has 1 fully saturated rings. The van der Waals surface area contributed by atoms with Crippen LogP contribution in [0.4, 0.5) is 0 Å². The predicted octanol–water partition coefficient (Wildman–Crippen LogP) is 5.25. The number of carbonyl (C=O) groups is 1. The first-order valence-corrected chi connectivity index (χ1v) is 9.77. The van der Waals surface area contributed by atoms with E-state index in [1.165, 1.54) is 5.56 Å². The van der Waals surface area contributed by atoms with Gasteiger partial charge in [-0.1, -0.05) is 74.5 Å². The minimum Gasteiger partial charge on any atom is -0.362 e. The summed E-state index contributed by atoms with van der Waals surface area (Å²) in [5.74, 6) is 0.222. The summed E-state index contributed by atoms with van der Waals surface area (Å²) in [6.07, 6.45) is 3.92. The molecule has 3 heteroatoms. The van der Waals surface area contributed by atoms with E-state index in [0.717, 1.165) is 29.9 Å². The van der Waals surface area contributed by atoms with Gasteiger partial charge in [-0.25, -0.2) is 0 Å². The molecular weight excluding hydrogens is 344 g/mol. The van der Waals surface area contributed by atoms with Crippen molar-refractivity contribution in [1.29, 1.82) is 0 Å². The minimum absolute atomic E-state index is 0.0646. The molecular formula is C25H26N2O. The number of piperidine rings is 1. The van der Waals surface area contributed by atoms with Crippen molar-refractivity contribution in [2.75, 3.05) is 6.54 Å². The van der Waals surface area contributed by atoms with Gasteiger partial charge in [0, 0.05) is 36.0 Å². The summed E-state index contributed by atoms with van der Waals surface area (Å²) in [5, 5.41) is 0. The van der Waals surface area contributed by atoms with E-state index in [-0.39, 0.29) is 11.8 Å². The molecule has 0 bridgehead atoms. The Labute approximate surface area is 166 Å². The zero-order valence-corrected chi connectivity index (χ0v) is 16.4. The summed E-state index contributed by atoms with van der Waals surface area (Å²) in [7, 11) is 0. The number of likely N-dealkylation sites (tertiary alicyclic amines) is 1. The lowest BCUT2D eigenvalue weighted by Gasteiger charge is -2.44. The minimum atomic E-state index is -0.432. The summed E-state index contributed by atoms with van der Waals surface area (Å²) in [4.78, 5) is 19.1. The maximum atomic E-state index is 13.4. The fourth-order valence-corrected chi connectivity index (χ4v) is 4.12. The van der Waals surface area contributed by atoms with Crippen LogP contribution in [0.2, 0.25) is 0 Å². The van der Waals surface area contributed by atoms with Gasteiger partial charge in [-0.3, -0.25) is 9.69 Å². The molecule has 1 aliphatic rings. The van der Waals surface area contributed by atoms with Crippen LogP contribution in [0.3, 0.4) is 0 Å². The number of H-pyrrole nitrogens is 1. The van der Waals surface area contributed by atoms with Gasteiger partial charge in [0.2, 0.25) is 0 Å². The Morgan fingerprint density at radius 2 is 1.68 bits per heavy atom. The van der Waals surface area contributed by atoms with Crippen molar-refractivity contribution in [3.63, 3.8) is 0 Å². The molecule has 0 spiro atoms. The second-order valence-electron chi connectivity index (χ2n) is 8.14. The van der Waals surface area contributed by atoms with E-state index < -0.39 is 5.41 Å². The van der Waals surface area contributed by atoms with Gasteiger partial charge in [0.05, 0.1) is 6.04 Å². The summed E-state index contributed by atoms with van der Waals surface area (Å²) in [6.45, 7) is 5.63. The number of nitrogens with zero attached hydrogens (tertiary/aromatic N) is 1. The Bertz CT molecular complexity index is 956. The number of benzene rings is 2. The van der Waals surface area contributed by atoms with Crippen molar-refractivity contribution in [3.05, 3.63) is 101 Å². The molecule has 1 aromatic heterocycles. The van der Waals surface area contributed by atoms with Gasteiger partial charge in [-0.15, -0.1) is 0 Å². The lowest BCUT2D eigenvalue weighted by atomic mass is 9.74. The van der Waals surface area contributed by atoms with Crippen molar-refractivity contribution >= 4 is 11.9 Å². The molecule has 2 heterocycles. The fourth-order valence-electron chi connectivity index (χ4n) is 4.12. The molecule has 1 saturated heterocycles. The molecule has 28 heavy (non-hydrogen) atoms. The van der Waals surface area contributed by atoms with Gasteiger partial charge >= 0.3 is 0 Å². The smallest absolute Gasteiger partial charge is 0.167 e. The van der Waals surface area contributed by atoms with Crippen molar-refractivity contribution < 1.29 is 4.79 Å². The molecule has 2 aromatic carbocycles. The van der Waals surface area contributed by atoms with Crippen LogP contribution < -0.4 is 0 Å². The molecule has 1 aliphatic heterocycles. The third kappa shape index (κ3) is 3.71. The van der Waals surface area contributed by atoms with Gasteiger partial charge in [0.25, 0.3) is 0 Å². The van der Waals surface area contributed by atoms with Crippen molar-refractivity contribution in [1.82, 2.24) is 9.88 Å². The van der Waals surface area contributed by atoms with Crippen molar-refractivity contribution in [2.24, 2.45) is 5.41 Å². The van der Waals surface area contributed by atoms with Gasteiger partial charge in [-0.2, -0.15) is 0 Å². The Morgan fingerprint density at radius 1 is 1.00 bits per heavy atom. The quantitative estimate of drug-likeness (QED) is 0.637. The van der Waals surface area contributed by atoms with E-state index in [2.05, 4.69) is 60.1 Å². The average molecular weight is 370 g/mol. The number of aromatic amines is 1. The van der Waals surface area contributed by atoms with Crippen LogP contribution in [0.15, 0.2) is 84.6 Å². The van der Waals surface area contributed by atoms with Crippen LogP contribution in [0, 0.1) is 5.41 Å². The second-order valence-corrected chi connectivity index (χ2v) is 8.14. The maximum absolute atomic E-state index is 13.4. The molecule has 0 amide bonds. The topological polar surface area (TPSA) is 36.1 Å². The normalized spacial score (nSPS) is 21.1. The van der Waals surface area contributed by atoms with E-state index in [9.17, 15) is 4.79 Å². The van der Waals surface area contributed by atoms with Crippen LogP contribution >= 0.6 is 0 Å². The van der Waals surface area contributed by atoms with Crippen LogP contribution in [0.25, 0.3) is 6.08 Å². The Kier molecular flexibility index (Phi) is 5.01. The molecule has 1 atom stereocenters. The Morgan fingerprint density at radius 3 is 2.32 bits per heavy atom. The third-order valence-corrected chi connectivity index (χ3v) is 5.41. The second kappa shape index (κ2) is 7.61. The highest BCUT2D eigenvalue weighted by Crippen LogP contribution is 2.42. The number of hydrogen-bond donors (Lipinski definition) is 1. The molecule has 1 unspecified atom stereocenters. The monoisotopic (exact) mass is 370 g/mol. The molecule has 4 rings (SSSR count). The van der Waals surface area contributed by atoms with Gasteiger partial charge in [-0.05, 0) is 29.3 Å². The van der Waals surface area contributed by atoms with E-state index in [1.54, 1.807) is 0 Å². The molecule has 0 radical (unpaired) electrons. The van der Waals surface area contributed by atoms with E-state index >= 15 is 0 Å². The maximum Gasteiger partial charge on any atom is 0.167 e. The lowest BCUT2D eigenvalue weighted by Crippen LogP contribution is -2.49. The van der Waals surface area contributed by atoms with Gasteiger partial charge in [0.15, 0.2) is 5.78 Å². The van der Waals surface area contributed by atoms with E-state index in [0.29, 0.717) is 0 Å². The lowest BCUT2D eigenvalue weighted by molar-refractivity contribution is -0.128. The van der Waals surface area contributed by atoms with E-state index in [1.807, 2.05) is 48.7 Å². The van der Waals surface area contributed by atoms with Crippen molar-refractivity contribution in [3.8, 4) is 0 Å². The van der Waals surface area contributed by atoms with Gasteiger partial charge in [0.1, 0.15) is 0 Å². The Hall–Kier alpha value is -2.91. The third-order valence-electron chi connectivity index (χ3n) is 5.41. The highest BCUT2D eigenvalue weighted by Gasteiger charge is 2.43. The number of Topliss-reactive ketones (excluding diaryl/α,β-unsaturated/α-hetero) is 1. The number of hydrogen-bond acceptors (Lipinski definition) is 2. The molecule has 3 nitrogen and oxygen atoms in total. The summed E-state index contributed by atoms with van der Waals surface area (Å²) < 4.78 is 0. The van der Waals surface area contributed by atoms with Crippen LogP contribution in [-0.2, 0) is 11.3 Å². The Balaban J connectivity index is 1.82. The zero-order valence-electron chi connectivity index (χ0n) is 16.4. The first kappa shape index (κ1) is 18.5. The number of aromatic nitrogens is 1. The SMILES string of the molecule is CC1(C)CN(Cc2ccccc2)C(c2ccccc2)/C(=C/c2ccc[nH]2)C1=O. The number of carbonyl (C=O) groups excluding carboxylic acids is 1.